The molecule has 0 bridgehead atoms. The van der Waals surface area contributed by atoms with Gasteiger partial charge in [-0.25, -0.2) is 18.4 Å². The second-order valence-corrected chi connectivity index (χ2v) is 12.2. The van der Waals surface area contributed by atoms with E-state index in [1.54, 1.807) is 36.8 Å². The van der Waals surface area contributed by atoms with Gasteiger partial charge >= 0.3 is 5.97 Å². The Balaban J connectivity index is 1.45. The van der Waals surface area contributed by atoms with Crippen LogP contribution in [0.15, 0.2) is 66.0 Å². The molecule has 216 valence electrons. The van der Waals surface area contributed by atoms with Gasteiger partial charge in [-0.3, -0.25) is 13.7 Å². The van der Waals surface area contributed by atoms with Crippen molar-refractivity contribution in [3.8, 4) is 11.7 Å². The molecule has 0 N–H and O–H groups in total. The number of fused-ring (bicyclic) bond motifs is 1. The third-order valence-electron chi connectivity index (χ3n) is 6.46. The van der Waals surface area contributed by atoms with Gasteiger partial charge in [-0.15, -0.1) is 0 Å². The second kappa shape index (κ2) is 12.6. The lowest BCUT2D eigenvalue weighted by Crippen LogP contribution is -2.36. The van der Waals surface area contributed by atoms with Crippen LogP contribution in [0.1, 0.15) is 26.2 Å². The molecule has 0 amide bonds. The van der Waals surface area contributed by atoms with Crippen molar-refractivity contribution in [3.05, 3.63) is 71.1 Å². The minimum absolute atomic E-state index is 0.0351. The molecule has 10 nitrogen and oxygen atoms in total. The van der Waals surface area contributed by atoms with E-state index >= 15 is 0 Å². The highest BCUT2D eigenvalue weighted by molar-refractivity contribution is 7.92. The van der Waals surface area contributed by atoms with Gasteiger partial charge in [0.15, 0.2) is 5.82 Å². The number of halogens is 2. The highest BCUT2D eigenvalue weighted by Gasteiger charge is 2.29. The number of hydrogen-bond donors (Lipinski definition) is 0. The molecule has 41 heavy (non-hydrogen) atoms. The fourth-order valence-electron chi connectivity index (χ4n) is 4.37. The van der Waals surface area contributed by atoms with Gasteiger partial charge in [0.1, 0.15) is 12.6 Å². The van der Waals surface area contributed by atoms with E-state index in [2.05, 4.69) is 9.97 Å². The summed E-state index contributed by atoms with van der Waals surface area (Å²) in [6.45, 7) is 2.84. The third kappa shape index (κ3) is 6.75. The van der Waals surface area contributed by atoms with E-state index in [0.717, 1.165) is 28.0 Å². The lowest BCUT2D eigenvalue weighted by atomic mass is 10.2. The number of esters is 1. The van der Waals surface area contributed by atoms with E-state index in [1.165, 1.54) is 18.2 Å². The van der Waals surface area contributed by atoms with E-state index in [9.17, 15) is 13.2 Å². The Morgan fingerprint density at radius 1 is 1.12 bits per heavy atom. The van der Waals surface area contributed by atoms with Crippen LogP contribution in [-0.2, 0) is 24.3 Å². The largest absolute Gasteiger partial charge is 0.471 e. The van der Waals surface area contributed by atoms with Gasteiger partial charge in [0, 0.05) is 28.0 Å². The number of benzene rings is 2. The van der Waals surface area contributed by atoms with Crippen LogP contribution < -0.4 is 9.04 Å². The van der Waals surface area contributed by atoms with Crippen molar-refractivity contribution in [2.75, 3.05) is 30.7 Å². The maximum Gasteiger partial charge on any atom is 0.326 e. The summed E-state index contributed by atoms with van der Waals surface area (Å²) in [4.78, 5) is 21.4. The molecule has 2 aromatic carbocycles. The standard InChI is InChI=1S/C28H28Cl2N4O6S/c1-2-3-9-39-28(35)17-34(41(36,37)24-13-20(29)12-21(30)14-24)22-4-5-25-19(11-22)6-8-33(25)26-15-32-27(16-31-26)40-23-7-10-38-18-23/h4-6,8,11-16,23H,2-3,7,9-10,17-18H2,1H3/t23-/m0/s1. The fourth-order valence-corrected chi connectivity index (χ4v) is 6.50. The normalized spacial score (nSPS) is 15.2. The Morgan fingerprint density at radius 2 is 1.93 bits per heavy atom. The first-order valence-electron chi connectivity index (χ1n) is 13.1. The predicted octanol–water partition coefficient (Wildman–Crippen LogP) is 5.43. The first-order chi connectivity index (χ1) is 19.7. The minimum atomic E-state index is -4.24. The van der Waals surface area contributed by atoms with Crippen molar-refractivity contribution in [1.82, 2.24) is 14.5 Å². The average Bonchev–Trinajstić information content (AvgIpc) is 3.61. The smallest absolute Gasteiger partial charge is 0.326 e. The second-order valence-electron chi connectivity index (χ2n) is 9.44. The molecular formula is C28H28Cl2N4O6S. The number of rotatable bonds is 11. The molecule has 0 unspecified atom stereocenters. The third-order valence-corrected chi connectivity index (χ3v) is 8.64. The van der Waals surface area contributed by atoms with E-state index in [-0.39, 0.29) is 33.3 Å². The maximum atomic E-state index is 13.8. The summed E-state index contributed by atoms with van der Waals surface area (Å²) in [5.74, 6) is 0.297. The number of hydrogen-bond acceptors (Lipinski definition) is 8. The first-order valence-corrected chi connectivity index (χ1v) is 15.3. The Kier molecular flexibility index (Phi) is 8.98. The fraction of sp³-hybridized carbons (Fsp3) is 0.321. The molecule has 4 aromatic rings. The van der Waals surface area contributed by atoms with E-state index in [4.69, 9.17) is 37.4 Å². The van der Waals surface area contributed by atoms with Gasteiger partial charge in [0.05, 0.1) is 48.3 Å². The van der Waals surface area contributed by atoms with Crippen LogP contribution in [0.5, 0.6) is 5.88 Å². The number of sulfonamides is 1. The van der Waals surface area contributed by atoms with Gasteiger partial charge in [-0.1, -0.05) is 36.5 Å². The van der Waals surface area contributed by atoms with Crippen LogP contribution in [0, 0.1) is 0 Å². The zero-order chi connectivity index (χ0) is 29.0. The molecule has 0 radical (unpaired) electrons. The number of carbonyl (C=O) groups excluding carboxylic acids is 1. The number of nitrogens with zero attached hydrogens (tertiary/aromatic N) is 4. The minimum Gasteiger partial charge on any atom is -0.471 e. The van der Waals surface area contributed by atoms with Crippen LogP contribution in [0.2, 0.25) is 10.0 Å². The number of anilines is 1. The Hall–Kier alpha value is -3.38. The van der Waals surface area contributed by atoms with Crippen molar-refractivity contribution in [2.24, 2.45) is 0 Å². The van der Waals surface area contributed by atoms with Crippen molar-refractivity contribution in [2.45, 2.75) is 37.2 Å². The number of unbranched alkanes of at least 4 members (excludes halogenated alkanes) is 1. The molecule has 3 heterocycles. The predicted molar refractivity (Wildman–Crippen MR) is 156 cm³/mol. The zero-order valence-electron chi connectivity index (χ0n) is 22.2. The van der Waals surface area contributed by atoms with Crippen molar-refractivity contribution >= 4 is 55.8 Å². The molecular weight excluding hydrogens is 591 g/mol. The quantitative estimate of drug-likeness (QED) is 0.161. The highest BCUT2D eigenvalue weighted by Crippen LogP contribution is 2.31. The average molecular weight is 620 g/mol. The molecule has 0 aliphatic carbocycles. The summed E-state index contributed by atoms with van der Waals surface area (Å²) in [7, 11) is -4.24. The molecule has 1 saturated heterocycles. The molecule has 1 fully saturated rings. The molecule has 1 aliphatic rings. The highest BCUT2D eigenvalue weighted by atomic mass is 35.5. The summed E-state index contributed by atoms with van der Waals surface area (Å²) in [6.07, 6.45) is 7.24. The Labute approximate surface area is 247 Å². The molecule has 0 spiro atoms. The van der Waals surface area contributed by atoms with Gasteiger partial charge in [-0.2, -0.15) is 0 Å². The monoisotopic (exact) mass is 618 g/mol. The lowest BCUT2D eigenvalue weighted by molar-refractivity contribution is -0.141. The van der Waals surface area contributed by atoms with Gasteiger partial charge in [-0.05, 0) is 48.9 Å². The van der Waals surface area contributed by atoms with Crippen molar-refractivity contribution in [1.29, 1.82) is 0 Å². The van der Waals surface area contributed by atoms with E-state index in [0.29, 0.717) is 31.3 Å². The van der Waals surface area contributed by atoms with Crippen LogP contribution in [0.4, 0.5) is 5.69 Å². The van der Waals surface area contributed by atoms with Crippen LogP contribution >= 0.6 is 23.2 Å². The Morgan fingerprint density at radius 3 is 2.61 bits per heavy atom. The van der Waals surface area contributed by atoms with Gasteiger partial charge < -0.3 is 14.2 Å². The molecule has 2 aromatic heterocycles. The summed E-state index contributed by atoms with van der Waals surface area (Å²) in [5, 5.41) is 1.03. The van der Waals surface area contributed by atoms with Crippen LogP contribution in [0.25, 0.3) is 16.7 Å². The van der Waals surface area contributed by atoms with Crippen molar-refractivity contribution in [3.63, 3.8) is 0 Å². The van der Waals surface area contributed by atoms with E-state index < -0.39 is 22.5 Å². The first kappa shape index (κ1) is 29.1. The molecule has 1 atom stereocenters. The topological polar surface area (TPSA) is 113 Å². The molecule has 13 heteroatoms. The molecule has 5 rings (SSSR count). The molecule has 0 saturated carbocycles. The zero-order valence-corrected chi connectivity index (χ0v) is 24.5. The van der Waals surface area contributed by atoms with E-state index in [1.807, 2.05) is 17.6 Å². The summed E-state index contributed by atoms with van der Waals surface area (Å²) >= 11 is 12.2. The van der Waals surface area contributed by atoms with Crippen LogP contribution in [-0.4, -0.2) is 61.4 Å². The lowest BCUT2D eigenvalue weighted by Gasteiger charge is -2.24. The summed E-state index contributed by atoms with van der Waals surface area (Å²) in [6, 6.07) is 10.9. The SMILES string of the molecule is CCCCOC(=O)CN(c1ccc2c(ccn2-c2cnc(O[C@H]3CCOC3)cn2)c1)S(=O)(=O)c1cc(Cl)cc(Cl)c1. The number of carbonyl (C=O) groups is 1. The summed E-state index contributed by atoms with van der Waals surface area (Å²) in [5.41, 5.74) is 1.03. The van der Waals surface area contributed by atoms with Gasteiger partial charge in [0.25, 0.3) is 10.0 Å². The Bertz CT molecular complexity index is 1620. The number of aromatic nitrogens is 3. The summed E-state index contributed by atoms with van der Waals surface area (Å²) < 4.78 is 46.8. The maximum absolute atomic E-state index is 13.8. The number of ether oxygens (including phenoxy) is 3. The van der Waals surface area contributed by atoms with Crippen molar-refractivity contribution < 1.29 is 27.4 Å². The van der Waals surface area contributed by atoms with Gasteiger partial charge in [0.2, 0.25) is 5.88 Å². The van der Waals surface area contributed by atoms with Crippen LogP contribution in [0.3, 0.4) is 0 Å². The molecule has 1 aliphatic heterocycles.